The van der Waals surface area contributed by atoms with Crippen LogP contribution in [0.25, 0.3) is 137 Å². The summed E-state index contributed by atoms with van der Waals surface area (Å²) in [4.78, 5) is 16.4. The number of hydrogen-bond donors (Lipinski definition) is 0. The van der Waals surface area contributed by atoms with E-state index in [4.69, 9.17) is 15.0 Å². The number of rotatable bonds is 6. The summed E-state index contributed by atoms with van der Waals surface area (Å²) in [5, 5.41) is 9.82. The standard InChI is InChI=1S/C61H36N4S/c1-3-14-37(15-4-1)44-32-33-48(49(35-44)40-17-5-2-6-18-40)60-62-59(41-29-26-39(27-30-41)43-31-28-38-16-7-8-19-42(38)34-43)63-61(64-60)51-36-50-46-21-10-12-24-53(46)65-52-23-11-9-20-45(52)47-22-13-25-54-55(47)56(57(50)65)58(51)66-54/h1-36H. The minimum atomic E-state index is 0.625. The summed E-state index contributed by atoms with van der Waals surface area (Å²) in [5.41, 5.74) is 13.2. The van der Waals surface area contributed by atoms with Crippen molar-refractivity contribution < 1.29 is 0 Å². The minimum absolute atomic E-state index is 0.625. The molecule has 0 bridgehead atoms. The summed E-state index contributed by atoms with van der Waals surface area (Å²) in [6.45, 7) is 0. The number of nitrogens with zero attached hydrogens (tertiary/aromatic N) is 4. The summed E-state index contributed by atoms with van der Waals surface area (Å²) >= 11 is 1.83. The Bertz CT molecular complexity index is 4210. The predicted octanol–water partition coefficient (Wildman–Crippen LogP) is 16.5. The van der Waals surface area contributed by atoms with Gasteiger partial charge >= 0.3 is 0 Å². The van der Waals surface area contributed by atoms with Crippen molar-refractivity contribution in [3.63, 3.8) is 0 Å². The van der Waals surface area contributed by atoms with Gasteiger partial charge in [-0.05, 0) is 92.0 Å². The van der Waals surface area contributed by atoms with Gasteiger partial charge < -0.3 is 4.40 Å². The van der Waals surface area contributed by atoms with Gasteiger partial charge in [-0.15, -0.1) is 11.3 Å². The van der Waals surface area contributed by atoms with Crippen molar-refractivity contribution in [3.05, 3.63) is 218 Å². The van der Waals surface area contributed by atoms with Crippen molar-refractivity contribution >= 4 is 80.4 Å². The number of aromatic nitrogens is 4. The fraction of sp³-hybridized carbons (Fsp3) is 0. The SMILES string of the molecule is c1ccc(-c2ccc(-c3nc(-c4ccc(-c5ccc6ccccc6c5)cc4)nc(-c4cc5c6ccccc6n6c7ccccc7c7cccc8sc4c(c87)c56)n3)c(-c3ccccc3)c2)cc1. The second-order valence-corrected chi connectivity index (χ2v) is 18.2. The van der Waals surface area contributed by atoms with Gasteiger partial charge in [-0.3, -0.25) is 0 Å². The van der Waals surface area contributed by atoms with E-state index in [9.17, 15) is 0 Å². The molecule has 0 saturated heterocycles. The number of thiophene rings is 1. The Morgan fingerprint density at radius 3 is 1.65 bits per heavy atom. The topological polar surface area (TPSA) is 43.1 Å². The van der Waals surface area contributed by atoms with E-state index >= 15 is 0 Å². The van der Waals surface area contributed by atoms with Crippen LogP contribution in [0, 0.1) is 0 Å². The van der Waals surface area contributed by atoms with Crippen LogP contribution in [0.1, 0.15) is 0 Å². The predicted molar refractivity (Wildman–Crippen MR) is 277 cm³/mol. The average molecular weight is 857 g/mol. The summed E-state index contributed by atoms with van der Waals surface area (Å²) in [5.74, 6) is 1.90. The molecule has 0 radical (unpaired) electrons. The van der Waals surface area contributed by atoms with E-state index < -0.39 is 0 Å². The van der Waals surface area contributed by atoms with E-state index in [2.05, 4.69) is 223 Å². The summed E-state index contributed by atoms with van der Waals surface area (Å²) in [6.07, 6.45) is 0. The van der Waals surface area contributed by atoms with Crippen LogP contribution < -0.4 is 0 Å². The molecule has 0 aliphatic carbocycles. The molecular formula is C61H36N4S. The van der Waals surface area contributed by atoms with Crippen LogP contribution in [0.3, 0.4) is 0 Å². The van der Waals surface area contributed by atoms with Crippen molar-refractivity contribution in [2.75, 3.05) is 0 Å². The lowest BCUT2D eigenvalue weighted by Gasteiger charge is -2.14. The molecule has 4 aromatic heterocycles. The molecule has 14 aromatic rings. The normalized spacial score (nSPS) is 11.9. The molecule has 0 aliphatic rings. The molecule has 5 heteroatoms. The monoisotopic (exact) mass is 856 g/mol. The van der Waals surface area contributed by atoms with E-state index in [0.29, 0.717) is 17.5 Å². The van der Waals surface area contributed by atoms with Gasteiger partial charge in [-0.25, -0.2) is 15.0 Å². The Morgan fingerprint density at radius 2 is 0.879 bits per heavy atom. The van der Waals surface area contributed by atoms with Crippen LogP contribution in [0.2, 0.25) is 0 Å². The molecule has 0 spiro atoms. The van der Waals surface area contributed by atoms with E-state index in [1.54, 1.807) is 0 Å². The quantitative estimate of drug-likeness (QED) is 0.167. The molecule has 14 rings (SSSR count). The number of hydrogen-bond acceptors (Lipinski definition) is 4. The highest BCUT2D eigenvalue weighted by Gasteiger charge is 2.25. The van der Waals surface area contributed by atoms with Gasteiger partial charge in [0, 0.05) is 53.0 Å². The van der Waals surface area contributed by atoms with Crippen LogP contribution in [-0.2, 0) is 0 Å². The first-order chi connectivity index (χ1) is 32.7. The van der Waals surface area contributed by atoms with Gasteiger partial charge in [0.2, 0.25) is 0 Å². The highest BCUT2D eigenvalue weighted by atomic mass is 32.1. The van der Waals surface area contributed by atoms with Crippen molar-refractivity contribution in [3.8, 4) is 67.5 Å². The first kappa shape index (κ1) is 36.9. The molecule has 4 nitrogen and oxygen atoms in total. The minimum Gasteiger partial charge on any atom is -0.308 e. The Labute approximate surface area is 383 Å². The largest absolute Gasteiger partial charge is 0.308 e. The molecule has 306 valence electrons. The smallest absolute Gasteiger partial charge is 0.165 e. The van der Waals surface area contributed by atoms with Gasteiger partial charge in [0.05, 0.1) is 16.6 Å². The maximum absolute atomic E-state index is 5.55. The van der Waals surface area contributed by atoms with Gasteiger partial charge in [0.15, 0.2) is 17.5 Å². The van der Waals surface area contributed by atoms with Gasteiger partial charge in [-0.1, -0.05) is 176 Å². The molecular weight excluding hydrogens is 821 g/mol. The van der Waals surface area contributed by atoms with E-state index in [0.717, 1.165) is 44.5 Å². The van der Waals surface area contributed by atoms with Crippen LogP contribution in [0.15, 0.2) is 218 Å². The number of fused-ring (bicyclic) bond motifs is 7. The molecule has 0 amide bonds. The zero-order valence-corrected chi connectivity index (χ0v) is 36.3. The molecule has 0 N–H and O–H groups in total. The Kier molecular flexibility index (Phi) is 8.12. The summed E-state index contributed by atoms with van der Waals surface area (Å²) < 4.78 is 4.89. The van der Waals surface area contributed by atoms with Crippen LogP contribution >= 0.6 is 11.3 Å². The first-order valence-corrected chi connectivity index (χ1v) is 23.2. The average Bonchev–Trinajstić information content (AvgIpc) is 3.91. The fourth-order valence-electron chi connectivity index (χ4n) is 10.3. The van der Waals surface area contributed by atoms with E-state index in [1.807, 2.05) is 11.3 Å². The molecule has 0 fully saturated rings. The third kappa shape index (κ3) is 5.67. The summed E-state index contributed by atoms with van der Waals surface area (Å²) in [7, 11) is 0. The van der Waals surface area contributed by atoms with Crippen LogP contribution in [-0.4, -0.2) is 19.4 Å². The molecule has 0 unspecified atom stereocenters. The third-order valence-electron chi connectivity index (χ3n) is 13.4. The Balaban J connectivity index is 1.05. The molecule has 0 atom stereocenters. The lowest BCUT2D eigenvalue weighted by atomic mass is 9.94. The summed E-state index contributed by atoms with van der Waals surface area (Å²) in [6, 6.07) is 78.4. The first-order valence-electron chi connectivity index (χ1n) is 22.3. The second kappa shape index (κ2) is 14.5. The third-order valence-corrected chi connectivity index (χ3v) is 14.6. The maximum Gasteiger partial charge on any atom is 0.165 e. The van der Waals surface area contributed by atoms with Crippen molar-refractivity contribution in [1.82, 2.24) is 19.4 Å². The van der Waals surface area contributed by atoms with Crippen molar-refractivity contribution in [2.24, 2.45) is 0 Å². The van der Waals surface area contributed by atoms with Crippen molar-refractivity contribution in [2.45, 2.75) is 0 Å². The van der Waals surface area contributed by atoms with Gasteiger partial charge in [0.1, 0.15) is 0 Å². The Morgan fingerprint density at radius 1 is 0.318 bits per heavy atom. The lowest BCUT2D eigenvalue weighted by Crippen LogP contribution is -2.01. The zero-order chi connectivity index (χ0) is 43.3. The lowest BCUT2D eigenvalue weighted by molar-refractivity contribution is 1.08. The van der Waals surface area contributed by atoms with Gasteiger partial charge in [-0.2, -0.15) is 0 Å². The van der Waals surface area contributed by atoms with Crippen LogP contribution in [0.4, 0.5) is 0 Å². The number of para-hydroxylation sites is 2. The molecule has 4 heterocycles. The fourth-order valence-corrected chi connectivity index (χ4v) is 11.5. The Hall–Kier alpha value is -8.51. The van der Waals surface area contributed by atoms with Crippen LogP contribution in [0.5, 0.6) is 0 Å². The maximum atomic E-state index is 5.55. The molecule has 66 heavy (non-hydrogen) atoms. The molecule has 0 saturated carbocycles. The second-order valence-electron chi connectivity index (χ2n) is 17.1. The van der Waals surface area contributed by atoms with Gasteiger partial charge in [0.25, 0.3) is 0 Å². The highest BCUT2D eigenvalue weighted by Crippen LogP contribution is 2.50. The molecule has 10 aromatic carbocycles. The zero-order valence-electron chi connectivity index (χ0n) is 35.5. The molecule has 0 aliphatic heterocycles. The van der Waals surface area contributed by atoms with E-state index in [1.165, 1.54) is 74.6 Å². The van der Waals surface area contributed by atoms with E-state index in [-0.39, 0.29) is 0 Å². The van der Waals surface area contributed by atoms with Crippen molar-refractivity contribution in [1.29, 1.82) is 0 Å². The number of benzene rings is 10. The highest BCUT2D eigenvalue weighted by molar-refractivity contribution is 7.26.